The molecule has 0 aliphatic rings. The third-order valence-electron chi connectivity index (χ3n) is 4.53. The number of carbonyl (C=O) groups is 1. The van der Waals surface area contributed by atoms with Gasteiger partial charge in [-0.05, 0) is 65.8 Å². The van der Waals surface area contributed by atoms with Crippen molar-refractivity contribution in [2.24, 2.45) is 0 Å². The van der Waals surface area contributed by atoms with Crippen molar-refractivity contribution in [2.45, 2.75) is 13.8 Å². The average Bonchev–Trinajstić information content (AvgIpc) is 2.67. The van der Waals surface area contributed by atoms with Crippen molar-refractivity contribution in [3.8, 4) is 11.1 Å². The van der Waals surface area contributed by atoms with Crippen LogP contribution in [0, 0.1) is 19.3 Å². The molecule has 0 radical (unpaired) electrons. The molecule has 0 saturated heterocycles. The standard InChI is InChI=1S/C22H22N4O/c1-14-10-16(6-7-20(14)26-22(27)21(24-3)8-9-23)17-4-5-18-13-25-12-15(2)19(18)11-17/h4-13,23-24H,1-3H3,(H,26,27)/b21-8-,23-9?. The van der Waals surface area contributed by atoms with Crippen LogP contribution in [0.3, 0.4) is 0 Å². The van der Waals surface area contributed by atoms with Crippen molar-refractivity contribution in [3.63, 3.8) is 0 Å². The lowest BCUT2D eigenvalue weighted by molar-refractivity contribution is -0.113. The van der Waals surface area contributed by atoms with E-state index in [2.05, 4.69) is 46.8 Å². The van der Waals surface area contributed by atoms with E-state index in [4.69, 9.17) is 5.41 Å². The molecule has 0 spiro atoms. The Morgan fingerprint density at radius 2 is 1.78 bits per heavy atom. The van der Waals surface area contributed by atoms with Gasteiger partial charge >= 0.3 is 0 Å². The molecule has 1 aromatic heterocycles. The van der Waals surface area contributed by atoms with Crippen LogP contribution in [-0.2, 0) is 4.79 Å². The van der Waals surface area contributed by atoms with Gasteiger partial charge in [0.15, 0.2) is 0 Å². The topological polar surface area (TPSA) is 77.9 Å². The molecule has 0 fully saturated rings. The number of aromatic nitrogens is 1. The Bertz CT molecular complexity index is 1050. The summed E-state index contributed by atoms with van der Waals surface area (Å²) in [6.07, 6.45) is 6.25. The number of rotatable bonds is 5. The minimum Gasteiger partial charge on any atom is -0.384 e. The number of hydrogen-bond donors (Lipinski definition) is 3. The largest absolute Gasteiger partial charge is 0.384 e. The predicted molar refractivity (Wildman–Crippen MR) is 111 cm³/mol. The molecule has 27 heavy (non-hydrogen) atoms. The number of aryl methyl sites for hydroxylation is 2. The summed E-state index contributed by atoms with van der Waals surface area (Å²) < 4.78 is 0. The first-order valence-corrected chi connectivity index (χ1v) is 8.68. The monoisotopic (exact) mass is 358 g/mol. The highest BCUT2D eigenvalue weighted by molar-refractivity contribution is 6.05. The van der Waals surface area contributed by atoms with Crippen LogP contribution in [0.4, 0.5) is 5.69 Å². The fourth-order valence-electron chi connectivity index (χ4n) is 3.02. The minimum absolute atomic E-state index is 0.273. The molecule has 2 aromatic carbocycles. The lowest BCUT2D eigenvalue weighted by Gasteiger charge is -2.12. The molecule has 136 valence electrons. The zero-order valence-corrected chi connectivity index (χ0v) is 15.6. The van der Waals surface area contributed by atoms with Crippen molar-refractivity contribution in [1.29, 1.82) is 5.41 Å². The molecular formula is C22H22N4O. The summed E-state index contributed by atoms with van der Waals surface area (Å²) in [5.74, 6) is -0.273. The van der Waals surface area contributed by atoms with Gasteiger partial charge in [-0.25, -0.2) is 0 Å². The summed E-state index contributed by atoms with van der Waals surface area (Å²) in [6, 6.07) is 12.3. The smallest absolute Gasteiger partial charge is 0.271 e. The number of nitrogens with zero attached hydrogens (tertiary/aromatic N) is 1. The number of pyridine rings is 1. The maximum absolute atomic E-state index is 12.3. The van der Waals surface area contributed by atoms with E-state index in [1.165, 1.54) is 11.5 Å². The minimum atomic E-state index is -0.273. The van der Waals surface area contributed by atoms with E-state index in [0.29, 0.717) is 5.70 Å². The first kappa shape index (κ1) is 18.3. The molecule has 0 bridgehead atoms. The van der Waals surface area contributed by atoms with Crippen LogP contribution in [0.5, 0.6) is 0 Å². The van der Waals surface area contributed by atoms with Gasteiger partial charge < -0.3 is 16.0 Å². The number of nitrogens with one attached hydrogen (secondary N) is 3. The lowest BCUT2D eigenvalue weighted by Crippen LogP contribution is -2.23. The highest BCUT2D eigenvalue weighted by Gasteiger charge is 2.10. The number of carbonyl (C=O) groups excluding carboxylic acids is 1. The van der Waals surface area contributed by atoms with E-state index in [9.17, 15) is 4.79 Å². The number of anilines is 1. The summed E-state index contributed by atoms with van der Waals surface area (Å²) in [6.45, 7) is 4.03. The van der Waals surface area contributed by atoms with E-state index in [-0.39, 0.29) is 5.91 Å². The summed E-state index contributed by atoms with van der Waals surface area (Å²) >= 11 is 0. The summed E-state index contributed by atoms with van der Waals surface area (Å²) in [5.41, 5.74) is 5.42. The Hall–Kier alpha value is -3.47. The highest BCUT2D eigenvalue weighted by Crippen LogP contribution is 2.28. The van der Waals surface area contributed by atoms with Gasteiger partial charge in [-0.2, -0.15) is 0 Å². The van der Waals surface area contributed by atoms with Gasteiger partial charge in [0.2, 0.25) is 0 Å². The SMILES string of the molecule is CN/C(=C\C=N)C(=O)Nc1ccc(-c2ccc3cncc(C)c3c2)cc1C. The van der Waals surface area contributed by atoms with Crippen molar-refractivity contribution in [2.75, 3.05) is 12.4 Å². The summed E-state index contributed by atoms with van der Waals surface area (Å²) in [5, 5.41) is 15.1. The molecule has 5 nitrogen and oxygen atoms in total. The van der Waals surface area contributed by atoms with Crippen molar-refractivity contribution < 1.29 is 4.79 Å². The molecule has 0 unspecified atom stereocenters. The molecule has 0 saturated carbocycles. The predicted octanol–water partition coefficient (Wildman–Crippen LogP) is 4.21. The second-order valence-corrected chi connectivity index (χ2v) is 6.37. The quantitative estimate of drug-likeness (QED) is 0.472. The first-order valence-electron chi connectivity index (χ1n) is 8.68. The van der Waals surface area contributed by atoms with Crippen LogP contribution in [0.2, 0.25) is 0 Å². The van der Waals surface area contributed by atoms with Gasteiger partial charge in [0.25, 0.3) is 5.91 Å². The molecule has 0 aliphatic carbocycles. The van der Waals surface area contributed by atoms with E-state index in [0.717, 1.165) is 39.5 Å². The molecule has 3 rings (SSSR count). The maximum atomic E-state index is 12.3. The van der Waals surface area contributed by atoms with E-state index < -0.39 is 0 Å². The van der Waals surface area contributed by atoms with E-state index in [1.54, 1.807) is 7.05 Å². The normalized spacial score (nSPS) is 11.3. The highest BCUT2D eigenvalue weighted by atomic mass is 16.2. The molecular weight excluding hydrogens is 336 g/mol. The van der Waals surface area contributed by atoms with Crippen LogP contribution in [0.25, 0.3) is 21.9 Å². The fourth-order valence-corrected chi connectivity index (χ4v) is 3.02. The third-order valence-corrected chi connectivity index (χ3v) is 4.53. The number of hydrogen-bond acceptors (Lipinski definition) is 4. The average molecular weight is 358 g/mol. The number of allylic oxidation sites excluding steroid dienone is 1. The first-order chi connectivity index (χ1) is 13.0. The number of likely N-dealkylation sites (N-methyl/N-ethyl adjacent to an activating group) is 1. The summed E-state index contributed by atoms with van der Waals surface area (Å²) in [7, 11) is 1.65. The van der Waals surface area contributed by atoms with Gasteiger partial charge in [-0.15, -0.1) is 0 Å². The Labute approximate surface area is 158 Å². The number of fused-ring (bicyclic) bond motifs is 1. The molecule has 5 heteroatoms. The molecule has 1 amide bonds. The second-order valence-electron chi connectivity index (χ2n) is 6.37. The third kappa shape index (κ3) is 3.87. The van der Waals surface area contributed by atoms with Crippen molar-refractivity contribution in [1.82, 2.24) is 10.3 Å². The van der Waals surface area contributed by atoms with Gasteiger partial charge in [-0.3, -0.25) is 9.78 Å². The van der Waals surface area contributed by atoms with Crippen LogP contribution in [-0.4, -0.2) is 24.2 Å². The van der Waals surface area contributed by atoms with Crippen LogP contribution < -0.4 is 10.6 Å². The Kier molecular flexibility index (Phi) is 5.31. The van der Waals surface area contributed by atoms with Gasteiger partial charge in [0.05, 0.1) is 0 Å². The molecule has 0 atom stereocenters. The Morgan fingerprint density at radius 3 is 2.48 bits per heavy atom. The lowest BCUT2D eigenvalue weighted by atomic mass is 9.98. The van der Waals surface area contributed by atoms with E-state index in [1.807, 2.05) is 31.5 Å². The number of amides is 1. The van der Waals surface area contributed by atoms with Crippen LogP contribution >= 0.6 is 0 Å². The van der Waals surface area contributed by atoms with Crippen LogP contribution in [0.1, 0.15) is 11.1 Å². The van der Waals surface area contributed by atoms with Gasteiger partial charge in [-0.1, -0.05) is 18.2 Å². The van der Waals surface area contributed by atoms with E-state index >= 15 is 0 Å². The molecule has 1 heterocycles. The van der Waals surface area contributed by atoms with Gasteiger partial charge in [0.1, 0.15) is 5.70 Å². The molecule has 3 aromatic rings. The Balaban J connectivity index is 1.91. The molecule has 0 aliphatic heterocycles. The van der Waals surface area contributed by atoms with Gasteiger partial charge in [0, 0.05) is 36.7 Å². The fraction of sp³-hybridized carbons (Fsp3) is 0.136. The molecule has 3 N–H and O–H groups in total. The maximum Gasteiger partial charge on any atom is 0.271 e. The number of benzene rings is 2. The van der Waals surface area contributed by atoms with Crippen molar-refractivity contribution in [3.05, 3.63) is 71.7 Å². The Morgan fingerprint density at radius 1 is 1.04 bits per heavy atom. The van der Waals surface area contributed by atoms with Crippen molar-refractivity contribution >= 4 is 28.6 Å². The zero-order valence-electron chi connectivity index (χ0n) is 15.6. The summed E-state index contributed by atoms with van der Waals surface area (Å²) in [4.78, 5) is 16.5. The second kappa shape index (κ2) is 7.83. The van der Waals surface area contributed by atoms with Crippen LogP contribution in [0.15, 0.2) is 60.6 Å². The zero-order chi connectivity index (χ0) is 19.4.